The van der Waals surface area contributed by atoms with Crippen LogP contribution in [0.4, 0.5) is 5.69 Å². The van der Waals surface area contributed by atoms with Gasteiger partial charge >= 0.3 is 0 Å². The summed E-state index contributed by atoms with van der Waals surface area (Å²) in [7, 11) is 3.79. The molecule has 0 aliphatic rings. The first-order chi connectivity index (χ1) is 10.1. The van der Waals surface area contributed by atoms with E-state index in [1.807, 2.05) is 25.1 Å². The van der Waals surface area contributed by atoms with Gasteiger partial charge < -0.3 is 15.4 Å². The monoisotopic (exact) mass is 284 g/mol. The molecule has 3 nitrogen and oxygen atoms in total. The largest absolute Gasteiger partial charge is 0.496 e. The van der Waals surface area contributed by atoms with Gasteiger partial charge in [0.2, 0.25) is 0 Å². The lowest BCUT2D eigenvalue weighted by molar-refractivity contribution is 0.407. The Morgan fingerprint density at radius 2 is 1.81 bits per heavy atom. The highest BCUT2D eigenvalue weighted by atomic mass is 16.5. The van der Waals surface area contributed by atoms with Gasteiger partial charge in [0.25, 0.3) is 0 Å². The molecule has 0 aliphatic carbocycles. The Bertz CT molecular complexity index is 567. The molecule has 0 amide bonds. The van der Waals surface area contributed by atoms with Crippen molar-refractivity contribution in [3.63, 3.8) is 0 Å². The third-order valence-electron chi connectivity index (χ3n) is 3.71. The van der Waals surface area contributed by atoms with E-state index in [0.717, 1.165) is 30.0 Å². The van der Waals surface area contributed by atoms with E-state index in [1.54, 1.807) is 7.11 Å². The molecule has 3 heteroatoms. The maximum Gasteiger partial charge on any atom is 0.125 e. The fraction of sp³-hybridized carbons (Fsp3) is 0.333. The maximum absolute atomic E-state index is 6.13. The van der Waals surface area contributed by atoms with E-state index in [0.29, 0.717) is 0 Å². The second-order valence-corrected chi connectivity index (χ2v) is 5.34. The number of methoxy groups -OCH3 is 1. The average Bonchev–Trinajstić information content (AvgIpc) is 2.52. The van der Waals surface area contributed by atoms with Gasteiger partial charge in [-0.3, -0.25) is 0 Å². The van der Waals surface area contributed by atoms with Crippen LogP contribution < -0.4 is 15.4 Å². The van der Waals surface area contributed by atoms with E-state index in [4.69, 9.17) is 10.5 Å². The molecule has 2 rings (SSSR count). The van der Waals surface area contributed by atoms with Gasteiger partial charge in [-0.15, -0.1) is 0 Å². The standard InChI is InChI=1S/C18H24N2O/c1-14(19)18-16(10-7-11-17(18)21-3)20(2)13-12-15-8-5-4-6-9-15/h4-11,14H,12-13,19H2,1-3H3. The molecule has 0 aliphatic heterocycles. The lowest BCUT2D eigenvalue weighted by atomic mass is 10.0. The van der Waals surface area contributed by atoms with Crippen molar-refractivity contribution in [1.82, 2.24) is 0 Å². The van der Waals surface area contributed by atoms with Gasteiger partial charge in [0.1, 0.15) is 5.75 Å². The zero-order valence-corrected chi connectivity index (χ0v) is 13.0. The minimum atomic E-state index is -0.0599. The number of anilines is 1. The van der Waals surface area contributed by atoms with Crippen LogP contribution in [0.15, 0.2) is 48.5 Å². The molecule has 2 aromatic rings. The number of hydrogen-bond acceptors (Lipinski definition) is 3. The lowest BCUT2D eigenvalue weighted by Crippen LogP contribution is -2.23. The Hall–Kier alpha value is -2.00. The molecule has 0 radical (unpaired) electrons. The van der Waals surface area contributed by atoms with Crippen molar-refractivity contribution in [2.75, 3.05) is 25.6 Å². The molecule has 2 N–H and O–H groups in total. The van der Waals surface area contributed by atoms with E-state index in [9.17, 15) is 0 Å². The zero-order valence-electron chi connectivity index (χ0n) is 13.0. The summed E-state index contributed by atoms with van der Waals surface area (Å²) in [6.45, 7) is 2.93. The van der Waals surface area contributed by atoms with Gasteiger partial charge in [-0.1, -0.05) is 36.4 Å². The summed E-state index contributed by atoms with van der Waals surface area (Å²) in [5, 5.41) is 0. The Balaban J connectivity index is 2.17. The summed E-state index contributed by atoms with van der Waals surface area (Å²) >= 11 is 0. The fourth-order valence-corrected chi connectivity index (χ4v) is 2.56. The Kier molecular flexibility index (Phi) is 5.23. The highest BCUT2D eigenvalue weighted by Crippen LogP contribution is 2.33. The van der Waals surface area contributed by atoms with Crippen molar-refractivity contribution in [3.05, 3.63) is 59.7 Å². The predicted molar refractivity (Wildman–Crippen MR) is 89.0 cm³/mol. The molecular weight excluding hydrogens is 260 g/mol. The van der Waals surface area contributed by atoms with Crippen LogP contribution in [0.25, 0.3) is 0 Å². The quantitative estimate of drug-likeness (QED) is 0.883. The number of nitrogens with two attached hydrogens (primary N) is 1. The molecule has 112 valence electrons. The molecule has 1 atom stereocenters. The van der Waals surface area contributed by atoms with Gasteiger partial charge in [-0.25, -0.2) is 0 Å². The Morgan fingerprint density at radius 3 is 2.43 bits per heavy atom. The Labute approximate surface area is 127 Å². The van der Waals surface area contributed by atoms with Crippen LogP contribution in [0, 0.1) is 0 Å². The van der Waals surface area contributed by atoms with Crippen LogP contribution in [-0.4, -0.2) is 20.7 Å². The molecule has 0 bridgehead atoms. The van der Waals surface area contributed by atoms with Crippen LogP contribution in [0.5, 0.6) is 5.75 Å². The van der Waals surface area contributed by atoms with Crippen molar-refractivity contribution < 1.29 is 4.74 Å². The van der Waals surface area contributed by atoms with Gasteiger partial charge in [0, 0.05) is 30.9 Å². The molecule has 0 spiro atoms. The molecule has 2 aromatic carbocycles. The van der Waals surface area contributed by atoms with E-state index in [1.165, 1.54) is 5.56 Å². The van der Waals surface area contributed by atoms with Crippen LogP contribution in [0.2, 0.25) is 0 Å². The van der Waals surface area contributed by atoms with Gasteiger partial charge in [0.15, 0.2) is 0 Å². The van der Waals surface area contributed by atoms with Gasteiger partial charge in [0.05, 0.1) is 7.11 Å². The third-order valence-corrected chi connectivity index (χ3v) is 3.71. The van der Waals surface area contributed by atoms with Crippen LogP contribution in [0.1, 0.15) is 24.1 Å². The number of hydrogen-bond donors (Lipinski definition) is 1. The summed E-state index contributed by atoms with van der Waals surface area (Å²) in [5.41, 5.74) is 9.68. The number of benzene rings is 2. The zero-order chi connectivity index (χ0) is 15.2. The Morgan fingerprint density at radius 1 is 1.10 bits per heavy atom. The molecule has 0 fully saturated rings. The minimum Gasteiger partial charge on any atom is -0.496 e. The number of ether oxygens (including phenoxy) is 1. The minimum absolute atomic E-state index is 0.0599. The van der Waals surface area contributed by atoms with Crippen molar-refractivity contribution in [2.45, 2.75) is 19.4 Å². The van der Waals surface area contributed by atoms with Crippen molar-refractivity contribution in [3.8, 4) is 5.75 Å². The second kappa shape index (κ2) is 7.14. The molecular formula is C18H24N2O. The first-order valence-corrected chi connectivity index (χ1v) is 7.31. The van der Waals surface area contributed by atoms with Crippen LogP contribution in [-0.2, 0) is 6.42 Å². The summed E-state index contributed by atoms with van der Waals surface area (Å²) in [6.07, 6.45) is 1.01. The smallest absolute Gasteiger partial charge is 0.125 e. The SMILES string of the molecule is COc1cccc(N(C)CCc2ccccc2)c1C(C)N. The highest BCUT2D eigenvalue weighted by molar-refractivity contribution is 5.60. The summed E-state index contributed by atoms with van der Waals surface area (Å²) in [5.74, 6) is 0.856. The first kappa shape index (κ1) is 15.4. The first-order valence-electron chi connectivity index (χ1n) is 7.31. The molecule has 0 saturated carbocycles. The number of likely N-dealkylation sites (N-methyl/N-ethyl adjacent to an activating group) is 1. The van der Waals surface area contributed by atoms with Crippen molar-refractivity contribution >= 4 is 5.69 Å². The van der Waals surface area contributed by atoms with Crippen molar-refractivity contribution in [2.24, 2.45) is 5.73 Å². The highest BCUT2D eigenvalue weighted by Gasteiger charge is 2.15. The van der Waals surface area contributed by atoms with E-state index >= 15 is 0 Å². The van der Waals surface area contributed by atoms with E-state index in [2.05, 4.69) is 42.3 Å². The van der Waals surface area contributed by atoms with E-state index < -0.39 is 0 Å². The van der Waals surface area contributed by atoms with Gasteiger partial charge in [-0.2, -0.15) is 0 Å². The molecule has 0 saturated heterocycles. The molecule has 1 unspecified atom stereocenters. The van der Waals surface area contributed by atoms with Crippen LogP contribution in [0.3, 0.4) is 0 Å². The van der Waals surface area contributed by atoms with Gasteiger partial charge in [-0.05, 0) is 31.0 Å². The second-order valence-electron chi connectivity index (χ2n) is 5.34. The fourth-order valence-electron chi connectivity index (χ4n) is 2.56. The summed E-state index contributed by atoms with van der Waals surface area (Å²) < 4.78 is 5.45. The summed E-state index contributed by atoms with van der Waals surface area (Å²) in [6, 6.07) is 16.5. The molecule has 0 heterocycles. The van der Waals surface area contributed by atoms with E-state index in [-0.39, 0.29) is 6.04 Å². The topological polar surface area (TPSA) is 38.5 Å². The predicted octanol–water partition coefficient (Wildman–Crippen LogP) is 3.39. The van der Waals surface area contributed by atoms with Crippen LogP contribution >= 0.6 is 0 Å². The maximum atomic E-state index is 6.13. The number of nitrogens with zero attached hydrogens (tertiary/aromatic N) is 1. The lowest BCUT2D eigenvalue weighted by Gasteiger charge is -2.25. The number of rotatable bonds is 6. The summed E-state index contributed by atoms with van der Waals surface area (Å²) in [4.78, 5) is 2.24. The molecule has 21 heavy (non-hydrogen) atoms. The average molecular weight is 284 g/mol. The normalized spacial score (nSPS) is 12.0. The van der Waals surface area contributed by atoms with Crippen molar-refractivity contribution in [1.29, 1.82) is 0 Å². The third kappa shape index (κ3) is 3.76. The molecule has 0 aromatic heterocycles.